The van der Waals surface area contributed by atoms with Crippen LogP contribution in [0, 0.1) is 5.92 Å². The SMILES string of the molecule is CCCCN(C(=O)CN1CC(c2cc(OC)c3c(c2)OCO3)C(C(=O)O)C1CCN1C(=O)Cc2ccccc21)c1cccnc1. The molecule has 3 aromatic rings. The summed E-state index contributed by atoms with van der Waals surface area (Å²) in [6.45, 7) is 3.35. The van der Waals surface area contributed by atoms with E-state index in [-0.39, 0.29) is 25.2 Å². The van der Waals surface area contributed by atoms with Crippen LogP contribution in [0.1, 0.15) is 43.2 Å². The van der Waals surface area contributed by atoms with Gasteiger partial charge in [-0.25, -0.2) is 0 Å². The third-order valence-corrected chi connectivity index (χ3v) is 9.05. The van der Waals surface area contributed by atoms with Crippen LogP contribution in [0.4, 0.5) is 11.4 Å². The van der Waals surface area contributed by atoms with Crippen molar-refractivity contribution in [2.24, 2.45) is 5.92 Å². The van der Waals surface area contributed by atoms with E-state index in [4.69, 9.17) is 14.2 Å². The fourth-order valence-electron chi connectivity index (χ4n) is 6.86. The standard InChI is InChI=1S/C34H38N4O7/c1-3-4-13-37(24-9-7-12-35-18-24)31(40)20-36-19-25(23-15-28(43-2)33-29(16-23)44-21-45-33)32(34(41)42)27(36)11-14-38-26-10-6-5-8-22(26)17-30(38)39/h5-10,12,15-16,18,25,27,32H,3-4,11,13-14,17,19-21H2,1-2H3,(H,41,42). The first kappa shape index (κ1) is 30.4. The number of para-hydroxylation sites is 1. The van der Waals surface area contributed by atoms with Gasteiger partial charge in [0.1, 0.15) is 0 Å². The van der Waals surface area contributed by atoms with Gasteiger partial charge >= 0.3 is 5.97 Å². The van der Waals surface area contributed by atoms with Gasteiger partial charge in [0, 0.05) is 43.5 Å². The Balaban J connectivity index is 1.33. The summed E-state index contributed by atoms with van der Waals surface area (Å²) in [6, 6.07) is 14.4. The lowest BCUT2D eigenvalue weighted by Gasteiger charge is -2.31. The summed E-state index contributed by atoms with van der Waals surface area (Å²) in [4.78, 5) is 49.7. The highest BCUT2D eigenvalue weighted by molar-refractivity contribution is 6.01. The number of carboxylic acid groups (broad SMARTS) is 1. The van der Waals surface area contributed by atoms with E-state index in [0.717, 1.165) is 29.7 Å². The molecule has 0 bridgehead atoms. The molecule has 11 heteroatoms. The molecule has 0 spiro atoms. The average Bonchev–Trinajstić information content (AvgIpc) is 3.75. The first-order chi connectivity index (χ1) is 21.9. The van der Waals surface area contributed by atoms with Crippen LogP contribution < -0.4 is 24.0 Å². The highest BCUT2D eigenvalue weighted by atomic mass is 16.7. The monoisotopic (exact) mass is 614 g/mol. The van der Waals surface area contributed by atoms with Crippen LogP contribution in [-0.2, 0) is 20.8 Å². The van der Waals surface area contributed by atoms with E-state index in [1.54, 1.807) is 34.3 Å². The van der Waals surface area contributed by atoms with Crippen molar-refractivity contribution in [2.75, 3.05) is 49.9 Å². The summed E-state index contributed by atoms with van der Waals surface area (Å²) in [5.74, 6) is -0.951. The number of likely N-dealkylation sites (tertiary alicyclic amines) is 1. The van der Waals surface area contributed by atoms with Gasteiger partial charge in [-0.3, -0.25) is 24.3 Å². The molecule has 2 aromatic carbocycles. The highest BCUT2D eigenvalue weighted by Crippen LogP contribution is 2.47. The van der Waals surface area contributed by atoms with E-state index in [1.807, 2.05) is 41.3 Å². The average molecular weight is 615 g/mol. The van der Waals surface area contributed by atoms with Crippen molar-refractivity contribution in [1.82, 2.24) is 9.88 Å². The Kier molecular flexibility index (Phi) is 8.88. The third kappa shape index (κ3) is 6.04. The molecule has 4 heterocycles. The zero-order chi connectivity index (χ0) is 31.5. The van der Waals surface area contributed by atoms with Crippen molar-refractivity contribution in [1.29, 1.82) is 0 Å². The third-order valence-electron chi connectivity index (χ3n) is 9.05. The Morgan fingerprint density at radius 3 is 2.76 bits per heavy atom. The molecule has 1 aromatic heterocycles. The molecular weight excluding hydrogens is 576 g/mol. The van der Waals surface area contributed by atoms with Gasteiger partial charge in [-0.05, 0) is 54.3 Å². The second-order valence-electron chi connectivity index (χ2n) is 11.7. The Morgan fingerprint density at radius 2 is 2.00 bits per heavy atom. The maximum absolute atomic E-state index is 14.0. The van der Waals surface area contributed by atoms with E-state index in [9.17, 15) is 19.5 Å². The van der Waals surface area contributed by atoms with Crippen LogP contribution >= 0.6 is 0 Å². The van der Waals surface area contributed by atoms with Gasteiger partial charge in [0.2, 0.25) is 24.4 Å². The number of aliphatic carboxylic acids is 1. The van der Waals surface area contributed by atoms with Gasteiger partial charge in [0.05, 0.1) is 37.9 Å². The number of carboxylic acids is 1. The molecule has 0 aliphatic carbocycles. The van der Waals surface area contributed by atoms with Crippen LogP contribution in [0.5, 0.6) is 17.2 Å². The number of carbonyl (C=O) groups excluding carboxylic acids is 2. The van der Waals surface area contributed by atoms with E-state index < -0.39 is 23.8 Å². The second-order valence-corrected chi connectivity index (χ2v) is 11.7. The lowest BCUT2D eigenvalue weighted by molar-refractivity contribution is -0.143. The minimum absolute atomic E-state index is 0.0110. The molecule has 3 aliphatic rings. The molecule has 6 rings (SSSR count). The normalized spacial score (nSPS) is 20.4. The smallest absolute Gasteiger partial charge is 0.308 e. The zero-order valence-corrected chi connectivity index (χ0v) is 25.6. The molecule has 3 aliphatic heterocycles. The van der Waals surface area contributed by atoms with Gasteiger partial charge in [-0.2, -0.15) is 0 Å². The van der Waals surface area contributed by atoms with E-state index in [0.29, 0.717) is 55.4 Å². The van der Waals surface area contributed by atoms with Crippen LogP contribution in [0.2, 0.25) is 0 Å². The number of amides is 2. The number of benzene rings is 2. The minimum atomic E-state index is -0.958. The molecule has 3 unspecified atom stereocenters. The van der Waals surface area contributed by atoms with Crippen LogP contribution in [0.15, 0.2) is 60.9 Å². The van der Waals surface area contributed by atoms with Crippen LogP contribution in [-0.4, -0.2) is 78.9 Å². The maximum atomic E-state index is 14.0. The summed E-state index contributed by atoms with van der Waals surface area (Å²) >= 11 is 0. The number of pyridine rings is 1. The molecule has 11 nitrogen and oxygen atoms in total. The molecular formula is C34H38N4O7. The quantitative estimate of drug-likeness (QED) is 0.321. The molecule has 0 radical (unpaired) electrons. The Hall–Kier alpha value is -4.64. The maximum Gasteiger partial charge on any atom is 0.308 e. The van der Waals surface area contributed by atoms with Gasteiger partial charge in [0.25, 0.3) is 0 Å². The highest BCUT2D eigenvalue weighted by Gasteiger charge is 2.48. The Bertz CT molecular complexity index is 1570. The molecule has 2 amide bonds. The number of rotatable bonds is 12. The summed E-state index contributed by atoms with van der Waals surface area (Å²) in [6.07, 6.45) is 5.77. The minimum Gasteiger partial charge on any atom is -0.493 e. The zero-order valence-electron chi connectivity index (χ0n) is 25.6. The predicted molar refractivity (Wildman–Crippen MR) is 167 cm³/mol. The molecule has 1 N–H and O–H groups in total. The Labute approximate surface area is 262 Å². The fraction of sp³-hybridized carbons (Fsp3) is 0.412. The topological polar surface area (TPSA) is 122 Å². The van der Waals surface area contributed by atoms with Crippen molar-refractivity contribution >= 4 is 29.2 Å². The number of fused-ring (bicyclic) bond motifs is 2. The number of anilines is 2. The summed E-state index contributed by atoms with van der Waals surface area (Å²) < 4.78 is 16.8. The molecule has 1 saturated heterocycles. The number of ether oxygens (including phenoxy) is 3. The van der Waals surface area contributed by atoms with Gasteiger partial charge < -0.3 is 29.1 Å². The number of aromatic nitrogens is 1. The molecule has 236 valence electrons. The van der Waals surface area contributed by atoms with E-state index >= 15 is 0 Å². The van der Waals surface area contributed by atoms with Crippen molar-refractivity contribution in [3.8, 4) is 17.2 Å². The Morgan fingerprint density at radius 1 is 1.16 bits per heavy atom. The number of hydrogen-bond donors (Lipinski definition) is 1. The van der Waals surface area contributed by atoms with Crippen molar-refractivity contribution in [3.05, 3.63) is 72.1 Å². The molecule has 3 atom stereocenters. The molecule has 0 saturated carbocycles. The second kappa shape index (κ2) is 13.2. The number of carbonyl (C=O) groups is 3. The van der Waals surface area contributed by atoms with Crippen molar-refractivity contribution in [3.63, 3.8) is 0 Å². The number of methoxy groups -OCH3 is 1. The summed E-state index contributed by atoms with van der Waals surface area (Å²) in [7, 11) is 1.53. The fourth-order valence-corrected chi connectivity index (χ4v) is 6.86. The van der Waals surface area contributed by atoms with E-state index in [2.05, 4.69) is 11.9 Å². The largest absolute Gasteiger partial charge is 0.493 e. The summed E-state index contributed by atoms with van der Waals surface area (Å²) in [5.41, 5.74) is 3.26. The van der Waals surface area contributed by atoms with Crippen LogP contribution in [0.3, 0.4) is 0 Å². The first-order valence-corrected chi connectivity index (χ1v) is 15.4. The first-order valence-electron chi connectivity index (χ1n) is 15.4. The van der Waals surface area contributed by atoms with Crippen LogP contribution in [0.25, 0.3) is 0 Å². The number of hydrogen-bond acceptors (Lipinski definition) is 8. The van der Waals surface area contributed by atoms with Gasteiger partial charge in [0.15, 0.2) is 11.5 Å². The van der Waals surface area contributed by atoms with Gasteiger partial charge in [-0.15, -0.1) is 0 Å². The molecule has 45 heavy (non-hydrogen) atoms. The van der Waals surface area contributed by atoms with Crippen molar-refractivity contribution < 1.29 is 33.7 Å². The summed E-state index contributed by atoms with van der Waals surface area (Å²) in [5, 5.41) is 10.7. The lowest BCUT2D eigenvalue weighted by Crippen LogP contribution is -2.46. The predicted octanol–water partition coefficient (Wildman–Crippen LogP) is 4.10. The van der Waals surface area contributed by atoms with Gasteiger partial charge in [-0.1, -0.05) is 31.5 Å². The molecule has 1 fully saturated rings. The number of nitrogens with zero attached hydrogens (tertiary/aromatic N) is 4. The lowest BCUT2D eigenvalue weighted by atomic mass is 9.84. The van der Waals surface area contributed by atoms with Crippen molar-refractivity contribution in [2.45, 2.75) is 44.6 Å². The number of unbranched alkanes of at least 4 members (excludes halogenated alkanes) is 1. The van der Waals surface area contributed by atoms with E-state index in [1.165, 1.54) is 7.11 Å².